The van der Waals surface area contributed by atoms with Gasteiger partial charge >= 0.3 is 0 Å². The zero-order valence-electron chi connectivity index (χ0n) is 8.16. The first-order chi connectivity index (χ1) is 6.79. The predicted molar refractivity (Wildman–Crippen MR) is 49.6 cm³/mol. The van der Waals surface area contributed by atoms with Gasteiger partial charge in [0.25, 0.3) is 11.8 Å². The lowest BCUT2D eigenvalue weighted by Crippen LogP contribution is -2.05. The summed E-state index contributed by atoms with van der Waals surface area (Å²) in [7, 11) is 0. The molecule has 1 aromatic rings. The quantitative estimate of drug-likeness (QED) is 0.738. The van der Waals surface area contributed by atoms with Crippen LogP contribution < -0.4 is 4.74 Å². The van der Waals surface area contributed by atoms with Crippen LogP contribution in [-0.4, -0.2) is 16.6 Å². The summed E-state index contributed by atoms with van der Waals surface area (Å²) in [6.07, 6.45) is 4.55. The maximum absolute atomic E-state index is 13.1. The molecular weight excluding hydrogens is 183 g/mol. The Kier molecular flexibility index (Phi) is 2.61. The van der Waals surface area contributed by atoms with E-state index in [0.29, 0.717) is 12.5 Å². The first-order valence-corrected chi connectivity index (χ1v) is 4.93. The Hall–Kier alpha value is -1.19. The van der Waals surface area contributed by atoms with Crippen molar-refractivity contribution in [2.24, 2.45) is 5.92 Å². The molecule has 0 radical (unpaired) electrons. The van der Waals surface area contributed by atoms with E-state index in [1.807, 2.05) is 6.92 Å². The topological polar surface area (TPSA) is 35.0 Å². The fourth-order valence-corrected chi connectivity index (χ4v) is 1.14. The highest BCUT2D eigenvalue weighted by atomic mass is 19.1. The van der Waals surface area contributed by atoms with Crippen molar-refractivity contribution >= 4 is 0 Å². The van der Waals surface area contributed by atoms with E-state index in [1.54, 1.807) is 0 Å². The van der Waals surface area contributed by atoms with E-state index in [4.69, 9.17) is 4.74 Å². The number of hydrogen-bond donors (Lipinski definition) is 0. The van der Waals surface area contributed by atoms with Crippen LogP contribution in [0.5, 0.6) is 5.88 Å². The monoisotopic (exact) mass is 196 g/mol. The van der Waals surface area contributed by atoms with E-state index in [9.17, 15) is 4.39 Å². The van der Waals surface area contributed by atoms with Gasteiger partial charge in [-0.1, -0.05) is 6.92 Å². The minimum atomic E-state index is -0.608. The molecule has 0 bridgehead atoms. The number of rotatable bonds is 4. The summed E-state index contributed by atoms with van der Waals surface area (Å²) in [5.74, 6) is 0.0422. The third-order valence-electron chi connectivity index (χ3n) is 2.26. The van der Waals surface area contributed by atoms with E-state index in [0.717, 1.165) is 12.1 Å². The van der Waals surface area contributed by atoms with Gasteiger partial charge in [-0.05, 0) is 25.2 Å². The molecule has 3 nitrogen and oxygen atoms in total. The van der Waals surface area contributed by atoms with Crippen LogP contribution >= 0.6 is 0 Å². The molecule has 1 aliphatic rings. The number of nitrogens with zero attached hydrogens (tertiary/aromatic N) is 2. The SMILES string of the molecule is CCc1cnc(F)c(OCC2CC2)n1. The Balaban J connectivity index is 2.04. The van der Waals surface area contributed by atoms with Gasteiger partial charge in [0.2, 0.25) is 0 Å². The molecule has 0 spiro atoms. The molecule has 0 unspecified atom stereocenters. The fraction of sp³-hybridized carbons (Fsp3) is 0.600. The standard InChI is InChI=1S/C10H13FN2O/c1-2-8-5-12-9(11)10(13-8)14-6-7-3-4-7/h5,7H,2-4,6H2,1H3. The molecule has 4 heteroatoms. The number of halogens is 1. The second kappa shape index (κ2) is 3.90. The highest BCUT2D eigenvalue weighted by Gasteiger charge is 2.23. The molecule has 1 saturated carbocycles. The van der Waals surface area contributed by atoms with Gasteiger partial charge in [0.05, 0.1) is 18.5 Å². The van der Waals surface area contributed by atoms with Gasteiger partial charge in [0.1, 0.15) is 0 Å². The third-order valence-corrected chi connectivity index (χ3v) is 2.26. The van der Waals surface area contributed by atoms with Gasteiger partial charge in [-0.3, -0.25) is 0 Å². The Bertz CT molecular complexity index is 326. The summed E-state index contributed by atoms with van der Waals surface area (Å²) >= 11 is 0. The lowest BCUT2D eigenvalue weighted by atomic mass is 10.3. The zero-order chi connectivity index (χ0) is 9.97. The average Bonchev–Trinajstić information content (AvgIpc) is 3.00. The summed E-state index contributed by atoms with van der Waals surface area (Å²) in [6.45, 7) is 2.52. The van der Waals surface area contributed by atoms with Crippen LogP contribution in [0.2, 0.25) is 0 Å². The van der Waals surface area contributed by atoms with Gasteiger partial charge in [-0.2, -0.15) is 4.39 Å². The molecule has 2 rings (SSSR count). The maximum Gasteiger partial charge on any atom is 0.275 e. The van der Waals surface area contributed by atoms with Crippen molar-refractivity contribution < 1.29 is 9.13 Å². The maximum atomic E-state index is 13.1. The van der Waals surface area contributed by atoms with Crippen molar-refractivity contribution in [1.82, 2.24) is 9.97 Å². The smallest absolute Gasteiger partial charge is 0.275 e. The van der Waals surface area contributed by atoms with E-state index >= 15 is 0 Å². The van der Waals surface area contributed by atoms with Crippen LogP contribution in [0.1, 0.15) is 25.5 Å². The van der Waals surface area contributed by atoms with Gasteiger partial charge in [-0.25, -0.2) is 9.97 Å². The van der Waals surface area contributed by atoms with Crippen molar-refractivity contribution in [1.29, 1.82) is 0 Å². The first-order valence-electron chi connectivity index (χ1n) is 4.93. The lowest BCUT2D eigenvalue weighted by molar-refractivity contribution is 0.268. The third kappa shape index (κ3) is 2.19. The van der Waals surface area contributed by atoms with Crippen LogP contribution in [0.3, 0.4) is 0 Å². The summed E-state index contributed by atoms with van der Waals surface area (Å²) in [5, 5.41) is 0. The van der Waals surface area contributed by atoms with E-state index in [2.05, 4.69) is 9.97 Å². The summed E-state index contributed by atoms with van der Waals surface area (Å²) in [4.78, 5) is 7.62. The molecule has 0 aliphatic heterocycles. The molecule has 1 heterocycles. The molecule has 0 aromatic carbocycles. The molecule has 76 valence electrons. The highest BCUT2D eigenvalue weighted by Crippen LogP contribution is 2.29. The van der Waals surface area contributed by atoms with Crippen molar-refractivity contribution in [3.63, 3.8) is 0 Å². The summed E-state index contributed by atoms with van der Waals surface area (Å²) in [5.41, 5.74) is 0.761. The molecule has 0 atom stereocenters. The van der Waals surface area contributed by atoms with Crippen molar-refractivity contribution in [2.45, 2.75) is 26.2 Å². The molecule has 14 heavy (non-hydrogen) atoms. The number of aryl methyl sites for hydroxylation is 1. The molecule has 0 saturated heterocycles. The normalized spacial score (nSPS) is 15.6. The molecule has 1 aliphatic carbocycles. The van der Waals surface area contributed by atoms with Crippen molar-refractivity contribution in [2.75, 3.05) is 6.61 Å². The molecule has 0 amide bonds. The van der Waals surface area contributed by atoms with Gasteiger partial charge in [-0.15, -0.1) is 0 Å². The highest BCUT2D eigenvalue weighted by molar-refractivity contribution is 5.10. The average molecular weight is 196 g/mol. The summed E-state index contributed by atoms with van der Waals surface area (Å²) < 4.78 is 18.3. The second-order valence-corrected chi connectivity index (χ2v) is 3.57. The lowest BCUT2D eigenvalue weighted by Gasteiger charge is -2.05. The van der Waals surface area contributed by atoms with Gasteiger partial charge in [0, 0.05) is 0 Å². The number of hydrogen-bond acceptors (Lipinski definition) is 3. The van der Waals surface area contributed by atoms with Crippen molar-refractivity contribution in [3.8, 4) is 5.88 Å². The van der Waals surface area contributed by atoms with Crippen LogP contribution in [0.4, 0.5) is 4.39 Å². The van der Waals surface area contributed by atoms with E-state index in [1.165, 1.54) is 19.0 Å². The fourth-order valence-electron chi connectivity index (χ4n) is 1.14. The Morgan fingerprint density at radius 2 is 2.36 bits per heavy atom. The molecular formula is C10H13FN2O. The number of ether oxygens (including phenoxy) is 1. The van der Waals surface area contributed by atoms with Gasteiger partial charge < -0.3 is 4.74 Å². The number of aromatic nitrogens is 2. The van der Waals surface area contributed by atoms with Crippen LogP contribution in [-0.2, 0) is 6.42 Å². The van der Waals surface area contributed by atoms with Crippen LogP contribution in [0.25, 0.3) is 0 Å². The van der Waals surface area contributed by atoms with Gasteiger partial charge in [0.15, 0.2) is 0 Å². The second-order valence-electron chi connectivity index (χ2n) is 3.57. The Morgan fingerprint density at radius 1 is 1.57 bits per heavy atom. The van der Waals surface area contributed by atoms with Crippen molar-refractivity contribution in [3.05, 3.63) is 17.8 Å². The van der Waals surface area contributed by atoms with Crippen LogP contribution in [0.15, 0.2) is 6.20 Å². The van der Waals surface area contributed by atoms with Crippen LogP contribution in [0, 0.1) is 11.9 Å². The summed E-state index contributed by atoms with van der Waals surface area (Å²) in [6, 6.07) is 0. The molecule has 0 N–H and O–H groups in total. The van der Waals surface area contributed by atoms with E-state index < -0.39 is 5.95 Å². The molecule has 1 aromatic heterocycles. The molecule has 1 fully saturated rings. The Labute approximate surface area is 82.3 Å². The minimum Gasteiger partial charge on any atom is -0.474 e. The largest absolute Gasteiger partial charge is 0.474 e. The minimum absolute atomic E-state index is 0.0521. The van der Waals surface area contributed by atoms with E-state index in [-0.39, 0.29) is 5.88 Å². The first kappa shape index (κ1) is 9.37. The predicted octanol–water partition coefficient (Wildman–Crippen LogP) is 1.97. The zero-order valence-corrected chi connectivity index (χ0v) is 8.16. The Morgan fingerprint density at radius 3 is 3.00 bits per heavy atom.